The molecule has 5 rings (SSSR count). The van der Waals surface area contributed by atoms with Crippen molar-refractivity contribution in [2.24, 2.45) is 0 Å². The first-order valence-corrected chi connectivity index (χ1v) is 15.6. The molecule has 1 aliphatic heterocycles. The van der Waals surface area contributed by atoms with Crippen molar-refractivity contribution in [2.45, 2.75) is 36.5 Å². The fourth-order valence-electron chi connectivity index (χ4n) is 5.04. The summed E-state index contributed by atoms with van der Waals surface area (Å²) in [4.78, 5) is 56.8. The van der Waals surface area contributed by atoms with Gasteiger partial charge in [-0.3, -0.25) is 14.4 Å². The SMILES string of the molecule is CC(C)c1ccc(-c2c(C#N)c(N)nc(SC3CC(=O)N(c4ccc(C(=O)OCC(=O)c5ccccc5Cl)cc4)C3=O)c2C#N)cc1. The average Bonchev–Trinajstić information content (AvgIpc) is 3.35. The lowest BCUT2D eigenvalue weighted by Crippen LogP contribution is -2.31. The molecule has 1 saturated heterocycles. The number of ketones is 1. The van der Waals surface area contributed by atoms with Gasteiger partial charge in [0.2, 0.25) is 17.6 Å². The lowest BCUT2D eigenvalue weighted by Gasteiger charge is -2.17. The minimum absolute atomic E-state index is 0.0468. The van der Waals surface area contributed by atoms with Gasteiger partial charge in [0.1, 0.15) is 28.5 Å². The zero-order chi connectivity index (χ0) is 33.8. The van der Waals surface area contributed by atoms with Crippen molar-refractivity contribution in [3.8, 4) is 23.3 Å². The van der Waals surface area contributed by atoms with Gasteiger partial charge in [-0.15, -0.1) is 0 Å². The third-order valence-electron chi connectivity index (χ3n) is 7.51. The van der Waals surface area contributed by atoms with E-state index in [0.29, 0.717) is 11.1 Å². The van der Waals surface area contributed by atoms with E-state index in [9.17, 15) is 29.7 Å². The maximum absolute atomic E-state index is 13.5. The molecule has 0 aliphatic carbocycles. The second-order valence-corrected chi connectivity index (χ2v) is 12.4. The van der Waals surface area contributed by atoms with Crippen molar-refractivity contribution in [3.05, 3.63) is 106 Å². The Kier molecular flexibility index (Phi) is 9.71. The first kappa shape index (κ1) is 32.9. The molecule has 234 valence electrons. The van der Waals surface area contributed by atoms with E-state index in [-0.39, 0.29) is 56.1 Å². The molecule has 1 unspecified atom stereocenters. The normalized spacial score (nSPS) is 14.2. The number of Topliss-reactive ketones (excluding diaryl/α,β-unsaturated/α-hetero) is 1. The number of anilines is 2. The Morgan fingerprint density at radius 1 is 1.02 bits per heavy atom. The number of thioether (sulfide) groups is 1. The van der Waals surface area contributed by atoms with Gasteiger partial charge in [0.15, 0.2) is 6.61 Å². The molecule has 1 aliphatic rings. The van der Waals surface area contributed by atoms with Crippen LogP contribution in [0, 0.1) is 22.7 Å². The number of nitrogens with zero attached hydrogens (tertiary/aromatic N) is 4. The molecular weight excluding hydrogens is 638 g/mol. The molecule has 2 heterocycles. The minimum atomic E-state index is -0.925. The number of nitrogen functional groups attached to an aromatic ring is 1. The van der Waals surface area contributed by atoms with Crippen LogP contribution in [0.15, 0.2) is 77.8 Å². The molecule has 4 aromatic rings. The fourth-order valence-corrected chi connectivity index (χ4v) is 6.39. The number of imide groups is 1. The van der Waals surface area contributed by atoms with E-state index in [1.807, 2.05) is 30.3 Å². The number of halogens is 1. The Balaban J connectivity index is 1.33. The van der Waals surface area contributed by atoms with Gasteiger partial charge in [-0.25, -0.2) is 14.7 Å². The molecule has 1 fully saturated rings. The van der Waals surface area contributed by atoms with E-state index >= 15 is 0 Å². The van der Waals surface area contributed by atoms with Gasteiger partial charge in [-0.05, 0) is 53.4 Å². The lowest BCUT2D eigenvalue weighted by molar-refractivity contribution is -0.121. The molecule has 1 aromatic heterocycles. The monoisotopic (exact) mass is 663 g/mol. The lowest BCUT2D eigenvalue weighted by atomic mass is 9.94. The van der Waals surface area contributed by atoms with Crippen molar-refractivity contribution in [1.82, 2.24) is 4.98 Å². The number of benzene rings is 3. The largest absolute Gasteiger partial charge is 0.454 e. The van der Waals surface area contributed by atoms with Crippen LogP contribution >= 0.6 is 23.4 Å². The number of rotatable bonds is 9. The Hall–Kier alpha value is -5.49. The van der Waals surface area contributed by atoms with Crippen molar-refractivity contribution in [2.75, 3.05) is 17.2 Å². The molecule has 2 N–H and O–H groups in total. The summed E-state index contributed by atoms with van der Waals surface area (Å²) in [5.74, 6) is -2.09. The van der Waals surface area contributed by atoms with Gasteiger partial charge in [-0.1, -0.05) is 73.6 Å². The van der Waals surface area contributed by atoms with E-state index in [4.69, 9.17) is 22.1 Å². The van der Waals surface area contributed by atoms with E-state index in [0.717, 1.165) is 22.2 Å². The number of esters is 1. The molecule has 0 bridgehead atoms. The summed E-state index contributed by atoms with van der Waals surface area (Å²) in [7, 11) is 0. The first-order valence-electron chi connectivity index (χ1n) is 14.4. The molecule has 47 heavy (non-hydrogen) atoms. The van der Waals surface area contributed by atoms with Crippen LogP contribution in [0.25, 0.3) is 11.1 Å². The highest BCUT2D eigenvalue weighted by molar-refractivity contribution is 8.00. The van der Waals surface area contributed by atoms with Crippen molar-refractivity contribution >= 4 is 58.4 Å². The summed E-state index contributed by atoms with van der Waals surface area (Å²) in [6.45, 7) is 3.58. The van der Waals surface area contributed by atoms with Crippen LogP contribution in [0.4, 0.5) is 11.5 Å². The number of nitrogens with two attached hydrogens (primary N) is 1. The first-order chi connectivity index (χ1) is 22.5. The number of hydrogen-bond donors (Lipinski definition) is 1. The molecular formula is C35H26ClN5O5S. The van der Waals surface area contributed by atoms with Crippen molar-refractivity contribution in [1.29, 1.82) is 10.5 Å². The molecule has 3 aromatic carbocycles. The second-order valence-electron chi connectivity index (χ2n) is 10.8. The Morgan fingerprint density at radius 2 is 1.68 bits per heavy atom. The van der Waals surface area contributed by atoms with Gasteiger partial charge in [-0.2, -0.15) is 10.5 Å². The fraction of sp³-hybridized carbons (Fsp3) is 0.171. The maximum Gasteiger partial charge on any atom is 0.338 e. The van der Waals surface area contributed by atoms with E-state index < -0.39 is 35.4 Å². The molecule has 10 nitrogen and oxygen atoms in total. The van der Waals surface area contributed by atoms with E-state index in [1.165, 1.54) is 30.3 Å². The highest BCUT2D eigenvalue weighted by atomic mass is 35.5. The van der Waals surface area contributed by atoms with Crippen LogP contribution in [-0.2, 0) is 14.3 Å². The van der Waals surface area contributed by atoms with Gasteiger partial charge in [0.25, 0.3) is 0 Å². The Bertz CT molecular complexity index is 2000. The van der Waals surface area contributed by atoms with Crippen LogP contribution in [0.5, 0.6) is 0 Å². The number of aromatic nitrogens is 1. The summed E-state index contributed by atoms with van der Waals surface area (Å²) in [5, 5.41) is 19.5. The minimum Gasteiger partial charge on any atom is -0.454 e. The number of carbonyl (C=O) groups excluding carboxylic acids is 4. The van der Waals surface area contributed by atoms with E-state index in [1.54, 1.807) is 18.2 Å². The summed E-state index contributed by atoms with van der Waals surface area (Å²) >= 11 is 6.96. The van der Waals surface area contributed by atoms with Crippen molar-refractivity contribution < 1.29 is 23.9 Å². The summed E-state index contributed by atoms with van der Waals surface area (Å²) in [6.07, 6.45) is -0.178. The quantitative estimate of drug-likeness (QED) is 0.122. The number of nitriles is 2. The number of carbonyl (C=O) groups is 4. The summed E-state index contributed by atoms with van der Waals surface area (Å²) < 4.78 is 5.13. The molecule has 1 atom stereocenters. The highest BCUT2D eigenvalue weighted by Crippen LogP contribution is 2.40. The zero-order valence-corrected chi connectivity index (χ0v) is 26.8. The second kappa shape index (κ2) is 13.9. The smallest absolute Gasteiger partial charge is 0.338 e. The molecule has 2 amide bonds. The van der Waals surface area contributed by atoms with Crippen LogP contribution < -0.4 is 10.6 Å². The highest BCUT2D eigenvalue weighted by Gasteiger charge is 2.41. The van der Waals surface area contributed by atoms with Crippen LogP contribution in [0.2, 0.25) is 5.02 Å². The maximum atomic E-state index is 13.5. The molecule has 0 saturated carbocycles. The number of hydrogen-bond acceptors (Lipinski definition) is 10. The predicted octanol–water partition coefficient (Wildman–Crippen LogP) is 6.31. The third-order valence-corrected chi connectivity index (χ3v) is 9.01. The van der Waals surface area contributed by atoms with Crippen LogP contribution in [-0.4, -0.2) is 40.4 Å². The summed E-state index contributed by atoms with van der Waals surface area (Å²) in [5.41, 5.74) is 8.83. The topological polar surface area (TPSA) is 167 Å². The molecule has 0 radical (unpaired) electrons. The average molecular weight is 664 g/mol. The predicted molar refractivity (Wildman–Crippen MR) is 177 cm³/mol. The Morgan fingerprint density at radius 3 is 2.30 bits per heavy atom. The van der Waals surface area contributed by atoms with Crippen LogP contribution in [0.1, 0.15) is 63.6 Å². The summed E-state index contributed by atoms with van der Waals surface area (Å²) in [6, 6.07) is 23.6. The number of pyridine rings is 1. The number of ether oxygens (including phenoxy) is 1. The molecule has 12 heteroatoms. The third kappa shape index (κ3) is 6.73. The molecule has 0 spiro atoms. The van der Waals surface area contributed by atoms with Gasteiger partial charge >= 0.3 is 5.97 Å². The Labute approximate surface area is 279 Å². The van der Waals surface area contributed by atoms with Crippen LogP contribution in [0.3, 0.4) is 0 Å². The van der Waals surface area contributed by atoms with E-state index in [2.05, 4.69) is 24.9 Å². The standard InChI is InChI=1S/C35H26ClN5O5S/c1-19(2)20-7-9-21(10-8-20)31-25(16-37)32(39)40-33(26(31)17-38)47-29-15-30(43)41(34(29)44)23-13-11-22(12-14-23)35(45)46-18-28(42)24-5-3-4-6-27(24)36/h3-14,19,29H,15,18H2,1-2H3,(H2,39,40). The van der Waals surface area contributed by atoms with Gasteiger partial charge in [0, 0.05) is 17.5 Å². The zero-order valence-electron chi connectivity index (χ0n) is 25.2. The van der Waals surface area contributed by atoms with Gasteiger partial charge < -0.3 is 10.5 Å². The number of amides is 2. The van der Waals surface area contributed by atoms with Crippen molar-refractivity contribution in [3.63, 3.8) is 0 Å². The van der Waals surface area contributed by atoms with Gasteiger partial charge in [0.05, 0.1) is 27.1 Å².